The fourth-order valence-electron chi connectivity index (χ4n) is 2.52. The summed E-state index contributed by atoms with van der Waals surface area (Å²) in [5, 5.41) is 4.79. The third-order valence-corrected chi connectivity index (χ3v) is 4.21. The van der Waals surface area contributed by atoms with Crippen molar-refractivity contribution in [1.82, 2.24) is 5.16 Å². The Kier molecular flexibility index (Phi) is 5.03. The largest absolute Gasteiger partial charge is 0.372 e. The number of hydrogen-bond donors (Lipinski definition) is 0. The van der Waals surface area contributed by atoms with Crippen LogP contribution in [0.15, 0.2) is 65.2 Å². The van der Waals surface area contributed by atoms with Gasteiger partial charge < -0.3 is 9.26 Å². The number of nitrogens with zero attached hydrogens (tertiary/aromatic N) is 1. The van der Waals surface area contributed by atoms with Crippen molar-refractivity contribution in [1.29, 1.82) is 0 Å². The third kappa shape index (κ3) is 4.05. The van der Waals surface area contributed by atoms with Crippen LogP contribution in [-0.4, -0.2) is 11.8 Å². The van der Waals surface area contributed by atoms with Crippen LogP contribution in [0.25, 0.3) is 11.3 Å². The molecule has 0 aliphatic rings. The molecule has 0 saturated carbocycles. The van der Waals surface area contributed by atoms with Crippen LogP contribution in [0.4, 0.5) is 0 Å². The Balaban J connectivity index is 1.59. The summed E-state index contributed by atoms with van der Waals surface area (Å²) in [5.41, 5.74) is 2.95. The van der Waals surface area contributed by atoms with Gasteiger partial charge in [-0.2, -0.15) is 0 Å². The summed E-state index contributed by atoms with van der Waals surface area (Å²) >= 11 is 5.90. The minimum absolute atomic E-state index is 0.0553. The predicted molar refractivity (Wildman–Crippen MR) is 96.1 cm³/mol. The minimum Gasteiger partial charge on any atom is -0.372 e. The van der Waals surface area contributed by atoms with Gasteiger partial charge in [-0.15, -0.1) is 0 Å². The van der Waals surface area contributed by atoms with E-state index in [1.54, 1.807) is 0 Å². The number of rotatable bonds is 6. The van der Waals surface area contributed by atoms with Crippen molar-refractivity contribution in [3.63, 3.8) is 0 Å². The average molecular weight is 342 g/mol. The van der Waals surface area contributed by atoms with Crippen molar-refractivity contribution in [3.8, 4) is 11.3 Å². The second kappa shape index (κ2) is 7.20. The molecule has 0 saturated heterocycles. The molecular formula is C20H20ClNO2. The first kappa shape index (κ1) is 16.7. The maximum absolute atomic E-state index is 5.90. The summed E-state index contributed by atoms with van der Waals surface area (Å²) in [5.74, 6) is 0.712. The van der Waals surface area contributed by atoms with E-state index >= 15 is 0 Å². The predicted octanol–water partition coefficient (Wildman–Crippen LogP) is 5.49. The molecule has 3 nitrogen and oxygen atoms in total. The minimum atomic E-state index is -0.0553. The highest BCUT2D eigenvalue weighted by Crippen LogP contribution is 2.25. The highest BCUT2D eigenvalue weighted by Gasteiger charge is 2.20. The van der Waals surface area contributed by atoms with E-state index in [9.17, 15) is 0 Å². The molecule has 0 aliphatic heterocycles. The van der Waals surface area contributed by atoms with Gasteiger partial charge >= 0.3 is 0 Å². The monoisotopic (exact) mass is 341 g/mol. The second-order valence-electron chi connectivity index (χ2n) is 6.43. The average Bonchev–Trinajstić information content (AvgIpc) is 3.05. The van der Waals surface area contributed by atoms with E-state index in [4.69, 9.17) is 20.9 Å². The van der Waals surface area contributed by atoms with Crippen molar-refractivity contribution in [2.24, 2.45) is 0 Å². The summed E-state index contributed by atoms with van der Waals surface area (Å²) in [6.07, 6.45) is 0. The Bertz CT molecular complexity index is 779. The molecule has 1 heterocycles. The van der Waals surface area contributed by atoms with E-state index in [1.165, 1.54) is 5.56 Å². The number of halogens is 1. The summed E-state index contributed by atoms with van der Waals surface area (Å²) in [6.45, 7) is 5.34. The van der Waals surface area contributed by atoms with Crippen LogP contribution in [0.3, 0.4) is 0 Å². The standard InChI is InChI=1S/C20H20ClNO2/c1-20(2,16-6-4-3-5-7-16)14-23-13-18-12-19(22-24-18)15-8-10-17(21)11-9-15/h3-12H,13-14H2,1-2H3. The first-order chi connectivity index (χ1) is 11.5. The molecule has 3 rings (SSSR count). The van der Waals surface area contributed by atoms with Gasteiger partial charge in [0, 0.05) is 22.1 Å². The van der Waals surface area contributed by atoms with Crippen molar-refractivity contribution in [2.75, 3.05) is 6.61 Å². The van der Waals surface area contributed by atoms with Gasteiger partial charge in [-0.05, 0) is 17.7 Å². The Labute approximate surface area is 147 Å². The molecule has 2 aromatic carbocycles. The summed E-state index contributed by atoms with van der Waals surface area (Å²) < 4.78 is 11.2. The van der Waals surface area contributed by atoms with Gasteiger partial charge in [-0.25, -0.2) is 0 Å². The molecule has 0 N–H and O–H groups in total. The quantitative estimate of drug-likeness (QED) is 0.594. The Morgan fingerprint density at radius 3 is 2.46 bits per heavy atom. The van der Waals surface area contributed by atoms with Crippen LogP contribution in [0.5, 0.6) is 0 Å². The Morgan fingerprint density at radius 2 is 1.75 bits per heavy atom. The molecular weight excluding hydrogens is 322 g/mol. The third-order valence-electron chi connectivity index (χ3n) is 3.96. The maximum Gasteiger partial charge on any atom is 0.163 e. The molecule has 124 valence electrons. The molecule has 0 aliphatic carbocycles. The highest BCUT2D eigenvalue weighted by atomic mass is 35.5. The fourth-order valence-corrected chi connectivity index (χ4v) is 2.64. The van der Waals surface area contributed by atoms with Gasteiger partial charge in [-0.1, -0.05) is 73.1 Å². The molecule has 0 spiro atoms. The molecule has 0 amide bonds. The summed E-state index contributed by atoms with van der Waals surface area (Å²) in [6, 6.07) is 19.8. The normalized spacial score (nSPS) is 11.6. The van der Waals surface area contributed by atoms with Crippen LogP contribution in [-0.2, 0) is 16.8 Å². The second-order valence-corrected chi connectivity index (χ2v) is 6.86. The van der Waals surface area contributed by atoms with E-state index in [0.29, 0.717) is 24.0 Å². The van der Waals surface area contributed by atoms with Gasteiger partial charge in [-0.3, -0.25) is 0 Å². The first-order valence-electron chi connectivity index (χ1n) is 7.89. The highest BCUT2D eigenvalue weighted by molar-refractivity contribution is 6.30. The van der Waals surface area contributed by atoms with Gasteiger partial charge in [0.1, 0.15) is 12.3 Å². The zero-order valence-electron chi connectivity index (χ0n) is 13.8. The molecule has 3 aromatic rings. The number of ether oxygens (including phenoxy) is 1. The lowest BCUT2D eigenvalue weighted by Gasteiger charge is -2.24. The summed E-state index contributed by atoms with van der Waals surface area (Å²) in [7, 11) is 0. The SMILES string of the molecule is CC(C)(COCc1cc(-c2ccc(Cl)cc2)no1)c1ccccc1. The molecule has 0 radical (unpaired) electrons. The molecule has 4 heteroatoms. The fraction of sp³-hybridized carbons (Fsp3) is 0.250. The van der Waals surface area contributed by atoms with Crippen molar-refractivity contribution in [3.05, 3.63) is 77.0 Å². The molecule has 24 heavy (non-hydrogen) atoms. The van der Waals surface area contributed by atoms with E-state index in [1.807, 2.05) is 48.5 Å². The van der Waals surface area contributed by atoms with Crippen LogP contribution in [0.2, 0.25) is 5.02 Å². The molecule has 1 aromatic heterocycles. The lowest BCUT2D eigenvalue weighted by atomic mass is 9.86. The first-order valence-corrected chi connectivity index (χ1v) is 8.27. The van der Waals surface area contributed by atoms with E-state index < -0.39 is 0 Å². The van der Waals surface area contributed by atoms with E-state index in [-0.39, 0.29) is 5.41 Å². The zero-order chi connectivity index (χ0) is 17.0. The molecule has 0 atom stereocenters. The van der Waals surface area contributed by atoms with Crippen molar-refractivity contribution < 1.29 is 9.26 Å². The van der Waals surface area contributed by atoms with Crippen molar-refractivity contribution in [2.45, 2.75) is 25.9 Å². The van der Waals surface area contributed by atoms with Crippen LogP contribution in [0.1, 0.15) is 25.2 Å². The number of hydrogen-bond acceptors (Lipinski definition) is 3. The van der Waals surface area contributed by atoms with Gasteiger partial charge in [0.15, 0.2) is 5.76 Å². The van der Waals surface area contributed by atoms with Crippen LogP contribution in [0, 0.1) is 0 Å². The molecule has 0 bridgehead atoms. The van der Waals surface area contributed by atoms with E-state index in [0.717, 1.165) is 11.3 Å². The lowest BCUT2D eigenvalue weighted by Crippen LogP contribution is -2.24. The number of aromatic nitrogens is 1. The van der Waals surface area contributed by atoms with Gasteiger partial charge in [0.25, 0.3) is 0 Å². The Hall–Kier alpha value is -2.10. The van der Waals surface area contributed by atoms with Gasteiger partial charge in [0.05, 0.1) is 6.61 Å². The van der Waals surface area contributed by atoms with Crippen LogP contribution >= 0.6 is 11.6 Å². The maximum atomic E-state index is 5.90. The van der Waals surface area contributed by atoms with Gasteiger partial charge in [0.2, 0.25) is 0 Å². The van der Waals surface area contributed by atoms with E-state index in [2.05, 4.69) is 31.1 Å². The van der Waals surface area contributed by atoms with Crippen LogP contribution < -0.4 is 0 Å². The zero-order valence-corrected chi connectivity index (χ0v) is 14.6. The molecule has 0 fully saturated rings. The lowest BCUT2D eigenvalue weighted by molar-refractivity contribution is 0.0678. The Morgan fingerprint density at radius 1 is 1.04 bits per heavy atom. The smallest absolute Gasteiger partial charge is 0.163 e. The number of benzene rings is 2. The van der Waals surface area contributed by atoms with Crippen molar-refractivity contribution >= 4 is 11.6 Å². The summed E-state index contributed by atoms with van der Waals surface area (Å²) in [4.78, 5) is 0. The molecule has 0 unspecified atom stereocenters. The topological polar surface area (TPSA) is 35.3 Å².